The Morgan fingerprint density at radius 1 is 1.19 bits per heavy atom. The number of amides is 1. The number of hydrogen-bond acceptors (Lipinski definition) is 5. The predicted octanol–water partition coefficient (Wildman–Crippen LogP) is 0.586. The molecule has 114 valence electrons. The molecule has 0 unspecified atom stereocenters. The third-order valence-electron chi connectivity index (χ3n) is 3.85. The lowest BCUT2D eigenvalue weighted by Crippen LogP contribution is -2.41. The summed E-state index contributed by atoms with van der Waals surface area (Å²) in [5.41, 5.74) is 2.76. The zero-order valence-electron chi connectivity index (χ0n) is 12.2. The van der Waals surface area contributed by atoms with E-state index in [4.69, 9.17) is 4.74 Å². The summed E-state index contributed by atoms with van der Waals surface area (Å²) in [6.45, 7) is 6.82. The minimum Gasteiger partial charge on any atom is -0.382 e. The maximum absolute atomic E-state index is 12.2. The summed E-state index contributed by atoms with van der Waals surface area (Å²) in [6.07, 6.45) is 0. The summed E-state index contributed by atoms with van der Waals surface area (Å²) < 4.78 is 5.31. The number of nitrogens with one attached hydrogen (secondary N) is 3. The summed E-state index contributed by atoms with van der Waals surface area (Å²) in [5.74, 6) is -0.0153. The Bertz CT molecular complexity index is 500. The molecule has 0 radical (unpaired) electrons. The Hall–Kier alpha value is -1.79. The van der Waals surface area contributed by atoms with E-state index in [2.05, 4.69) is 20.9 Å². The SMILES string of the molecule is O=C(NCCN1CCOCC1)c1ccc2c(c1)NCCN2. The van der Waals surface area contributed by atoms with Gasteiger partial charge in [-0.25, -0.2) is 0 Å². The third kappa shape index (κ3) is 3.65. The van der Waals surface area contributed by atoms with Crippen molar-refractivity contribution in [2.75, 3.05) is 63.1 Å². The van der Waals surface area contributed by atoms with Gasteiger partial charge in [0.05, 0.1) is 24.6 Å². The van der Waals surface area contributed by atoms with E-state index in [1.54, 1.807) is 0 Å². The standard InChI is InChI=1S/C15H22N4O2/c20-15(18-5-6-19-7-9-21-10-8-19)12-1-2-13-14(11-12)17-4-3-16-13/h1-2,11,16-17H,3-10H2,(H,18,20). The van der Waals surface area contributed by atoms with Crippen molar-refractivity contribution in [3.8, 4) is 0 Å². The van der Waals surface area contributed by atoms with E-state index >= 15 is 0 Å². The quantitative estimate of drug-likeness (QED) is 0.757. The number of rotatable bonds is 4. The number of fused-ring (bicyclic) bond motifs is 1. The van der Waals surface area contributed by atoms with Crippen LogP contribution in [-0.4, -0.2) is 63.3 Å². The Morgan fingerprint density at radius 3 is 2.76 bits per heavy atom. The molecule has 1 saturated heterocycles. The molecule has 2 aliphatic rings. The van der Waals surface area contributed by atoms with E-state index in [9.17, 15) is 4.79 Å². The maximum Gasteiger partial charge on any atom is 0.251 e. The minimum absolute atomic E-state index is 0.0153. The van der Waals surface area contributed by atoms with E-state index in [0.717, 1.165) is 57.3 Å². The highest BCUT2D eigenvalue weighted by Crippen LogP contribution is 2.25. The fraction of sp³-hybridized carbons (Fsp3) is 0.533. The van der Waals surface area contributed by atoms with E-state index < -0.39 is 0 Å². The van der Waals surface area contributed by atoms with E-state index in [0.29, 0.717) is 12.1 Å². The van der Waals surface area contributed by atoms with Crippen LogP contribution in [-0.2, 0) is 4.74 Å². The van der Waals surface area contributed by atoms with Gasteiger partial charge in [0.25, 0.3) is 5.91 Å². The van der Waals surface area contributed by atoms with Gasteiger partial charge in [0.1, 0.15) is 0 Å². The first-order chi connectivity index (χ1) is 10.3. The monoisotopic (exact) mass is 290 g/mol. The number of ether oxygens (including phenoxy) is 1. The molecule has 1 aromatic carbocycles. The number of carbonyl (C=O) groups is 1. The zero-order valence-corrected chi connectivity index (χ0v) is 12.2. The van der Waals surface area contributed by atoms with Crippen molar-refractivity contribution in [2.45, 2.75) is 0 Å². The van der Waals surface area contributed by atoms with Crippen molar-refractivity contribution in [1.82, 2.24) is 10.2 Å². The number of nitrogens with zero attached hydrogens (tertiary/aromatic N) is 1. The smallest absolute Gasteiger partial charge is 0.251 e. The normalized spacial score (nSPS) is 18.3. The number of carbonyl (C=O) groups excluding carboxylic acids is 1. The van der Waals surface area contributed by atoms with Crippen LogP contribution < -0.4 is 16.0 Å². The highest BCUT2D eigenvalue weighted by Gasteiger charge is 2.13. The molecule has 1 aromatic rings. The molecule has 0 atom stereocenters. The summed E-state index contributed by atoms with van der Waals surface area (Å²) in [6, 6.07) is 5.73. The van der Waals surface area contributed by atoms with Crippen LogP contribution in [0.1, 0.15) is 10.4 Å². The molecular formula is C15H22N4O2. The molecule has 2 aliphatic heterocycles. The van der Waals surface area contributed by atoms with Crippen LogP contribution in [0.2, 0.25) is 0 Å². The highest BCUT2D eigenvalue weighted by atomic mass is 16.5. The molecule has 1 fully saturated rings. The molecule has 0 spiro atoms. The predicted molar refractivity (Wildman–Crippen MR) is 83.0 cm³/mol. The van der Waals surface area contributed by atoms with E-state index in [-0.39, 0.29) is 5.91 Å². The summed E-state index contributed by atoms with van der Waals surface area (Å²) >= 11 is 0. The van der Waals surface area contributed by atoms with Gasteiger partial charge in [0.2, 0.25) is 0 Å². The first-order valence-electron chi connectivity index (χ1n) is 7.53. The molecule has 0 aromatic heterocycles. The van der Waals surface area contributed by atoms with Gasteiger partial charge in [-0.3, -0.25) is 9.69 Å². The van der Waals surface area contributed by atoms with Gasteiger partial charge < -0.3 is 20.7 Å². The average Bonchev–Trinajstić information content (AvgIpc) is 2.55. The molecule has 3 rings (SSSR count). The first kappa shape index (κ1) is 14.2. The van der Waals surface area contributed by atoms with Crippen molar-refractivity contribution in [2.24, 2.45) is 0 Å². The Balaban J connectivity index is 1.50. The molecule has 2 heterocycles. The third-order valence-corrected chi connectivity index (χ3v) is 3.85. The molecular weight excluding hydrogens is 268 g/mol. The van der Waals surface area contributed by atoms with Gasteiger partial charge >= 0.3 is 0 Å². The lowest BCUT2D eigenvalue weighted by Gasteiger charge is -2.26. The molecule has 0 aliphatic carbocycles. The molecule has 0 saturated carbocycles. The van der Waals surface area contributed by atoms with Crippen LogP contribution in [0.15, 0.2) is 18.2 Å². The highest BCUT2D eigenvalue weighted by molar-refractivity contribution is 5.96. The first-order valence-corrected chi connectivity index (χ1v) is 7.53. The largest absolute Gasteiger partial charge is 0.382 e. The second-order valence-corrected chi connectivity index (χ2v) is 5.32. The van der Waals surface area contributed by atoms with Crippen LogP contribution in [0.4, 0.5) is 11.4 Å². The van der Waals surface area contributed by atoms with Crippen molar-refractivity contribution in [3.63, 3.8) is 0 Å². The number of hydrogen-bond donors (Lipinski definition) is 3. The molecule has 6 nitrogen and oxygen atoms in total. The maximum atomic E-state index is 12.2. The molecule has 21 heavy (non-hydrogen) atoms. The van der Waals surface area contributed by atoms with Gasteiger partial charge in [-0.15, -0.1) is 0 Å². The van der Waals surface area contributed by atoms with Gasteiger partial charge in [-0.2, -0.15) is 0 Å². The summed E-state index contributed by atoms with van der Waals surface area (Å²) in [5, 5.41) is 9.59. The van der Waals surface area contributed by atoms with Crippen LogP contribution in [0, 0.1) is 0 Å². The minimum atomic E-state index is -0.0153. The van der Waals surface area contributed by atoms with Gasteiger partial charge in [-0.1, -0.05) is 0 Å². The zero-order chi connectivity index (χ0) is 14.5. The fourth-order valence-electron chi connectivity index (χ4n) is 2.63. The van der Waals surface area contributed by atoms with Crippen LogP contribution >= 0.6 is 0 Å². The van der Waals surface area contributed by atoms with Crippen LogP contribution in [0.5, 0.6) is 0 Å². The lowest BCUT2D eigenvalue weighted by molar-refractivity contribution is 0.0383. The van der Waals surface area contributed by atoms with Gasteiger partial charge in [-0.05, 0) is 18.2 Å². The van der Waals surface area contributed by atoms with Gasteiger partial charge in [0.15, 0.2) is 0 Å². The topological polar surface area (TPSA) is 65.6 Å². The second kappa shape index (κ2) is 6.78. The molecule has 6 heteroatoms. The van der Waals surface area contributed by atoms with E-state index in [1.807, 2.05) is 18.2 Å². The van der Waals surface area contributed by atoms with E-state index in [1.165, 1.54) is 0 Å². The van der Waals surface area contributed by atoms with Crippen LogP contribution in [0.25, 0.3) is 0 Å². The average molecular weight is 290 g/mol. The second-order valence-electron chi connectivity index (χ2n) is 5.32. The summed E-state index contributed by atoms with van der Waals surface area (Å²) in [7, 11) is 0. The summed E-state index contributed by atoms with van der Waals surface area (Å²) in [4.78, 5) is 14.5. The number of anilines is 2. The van der Waals surface area contributed by atoms with Crippen molar-refractivity contribution in [3.05, 3.63) is 23.8 Å². The van der Waals surface area contributed by atoms with Crippen molar-refractivity contribution >= 4 is 17.3 Å². The Kier molecular flexibility index (Phi) is 4.57. The van der Waals surface area contributed by atoms with Crippen molar-refractivity contribution in [1.29, 1.82) is 0 Å². The molecule has 1 amide bonds. The van der Waals surface area contributed by atoms with Crippen molar-refractivity contribution < 1.29 is 9.53 Å². The lowest BCUT2D eigenvalue weighted by atomic mass is 10.1. The molecule has 3 N–H and O–H groups in total. The Labute approximate surface area is 124 Å². The number of benzene rings is 1. The Morgan fingerprint density at radius 2 is 1.95 bits per heavy atom. The molecule has 0 bridgehead atoms. The number of morpholine rings is 1. The van der Waals surface area contributed by atoms with Gasteiger partial charge in [0, 0.05) is 44.8 Å². The van der Waals surface area contributed by atoms with Crippen LogP contribution in [0.3, 0.4) is 0 Å². The fourth-order valence-corrected chi connectivity index (χ4v) is 2.63.